The highest BCUT2D eigenvalue weighted by atomic mass is 32.2. The number of rotatable bonds is 2. The highest BCUT2D eigenvalue weighted by Gasteiger charge is 2.21. The van der Waals surface area contributed by atoms with Crippen molar-refractivity contribution in [1.29, 1.82) is 0 Å². The van der Waals surface area contributed by atoms with Gasteiger partial charge in [-0.25, -0.2) is 0 Å². The molecular formula is C12H22N2OS. The maximum absolute atomic E-state index is 12.1. The lowest BCUT2D eigenvalue weighted by Crippen LogP contribution is -2.35. The fraction of sp³-hybridized carbons (Fsp3) is 0.917. The summed E-state index contributed by atoms with van der Waals surface area (Å²) in [6, 6.07) is 0. The van der Waals surface area contributed by atoms with E-state index in [1.165, 1.54) is 24.3 Å². The van der Waals surface area contributed by atoms with Crippen LogP contribution in [0.2, 0.25) is 0 Å². The molecule has 1 amide bonds. The molecule has 0 bridgehead atoms. The van der Waals surface area contributed by atoms with Crippen LogP contribution in [0.15, 0.2) is 0 Å². The molecule has 1 N–H and O–H groups in total. The standard InChI is InChI=1S/C12H22N2OS/c15-12(10-11-2-8-16-9-3-11)14-6-1-4-13-5-7-14/h11,13H,1-10H2. The maximum atomic E-state index is 12.1. The maximum Gasteiger partial charge on any atom is 0.222 e. The first kappa shape index (κ1) is 12.2. The van der Waals surface area contributed by atoms with Gasteiger partial charge >= 0.3 is 0 Å². The Balaban J connectivity index is 1.76. The summed E-state index contributed by atoms with van der Waals surface area (Å²) >= 11 is 2.03. The van der Waals surface area contributed by atoms with Crippen molar-refractivity contribution in [2.24, 2.45) is 5.92 Å². The number of thioether (sulfide) groups is 1. The average molecular weight is 242 g/mol. The molecule has 0 atom stereocenters. The van der Waals surface area contributed by atoms with Crippen LogP contribution in [0.3, 0.4) is 0 Å². The molecular weight excluding hydrogens is 220 g/mol. The average Bonchev–Trinajstić information content (AvgIpc) is 2.59. The smallest absolute Gasteiger partial charge is 0.222 e. The summed E-state index contributed by atoms with van der Waals surface area (Å²) in [7, 11) is 0. The number of nitrogens with one attached hydrogen (secondary N) is 1. The molecule has 0 aromatic carbocycles. The molecule has 0 radical (unpaired) electrons. The van der Waals surface area contributed by atoms with E-state index in [-0.39, 0.29) is 0 Å². The highest BCUT2D eigenvalue weighted by Crippen LogP contribution is 2.25. The van der Waals surface area contributed by atoms with Crippen LogP contribution in [0.5, 0.6) is 0 Å². The van der Waals surface area contributed by atoms with Crippen LogP contribution in [0.1, 0.15) is 25.7 Å². The number of hydrogen-bond donors (Lipinski definition) is 1. The molecule has 2 heterocycles. The van der Waals surface area contributed by atoms with Crippen LogP contribution < -0.4 is 5.32 Å². The van der Waals surface area contributed by atoms with Crippen LogP contribution in [0.25, 0.3) is 0 Å². The normalized spacial score (nSPS) is 24.1. The van der Waals surface area contributed by atoms with E-state index in [4.69, 9.17) is 0 Å². The van der Waals surface area contributed by atoms with Crippen LogP contribution in [0, 0.1) is 5.92 Å². The first-order valence-electron chi connectivity index (χ1n) is 6.42. The van der Waals surface area contributed by atoms with Crippen molar-refractivity contribution in [2.75, 3.05) is 37.7 Å². The lowest BCUT2D eigenvalue weighted by molar-refractivity contribution is -0.132. The van der Waals surface area contributed by atoms with Crippen LogP contribution in [-0.4, -0.2) is 48.5 Å². The topological polar surface area (TPSA) is 32.3 Å². The quantitative estimate of drug-likeness (QED) is 0.793. The molecule has 2 fully saturated rings. The largest absolute Gasteiger partial charge is 0.341 e. The van der Waals surface area contributed by atoms with Gasteiger partial charge in [-0.1, -0.05) is 0 Å². The van der Waals surface area contributed by atoms with Gasteiger partial charge in [0.1, 0.15) is 0 Å². The van der Waals surface area contributed by atoms with Gasteiger partial charge in [0.15, 0.2) is 0 Å². The molecule has 3 nitrogen and oxygen atoms in total. The Bertz CT molecular complexity index is 221. The third kappa shape index (κ3) is 3.67. The summed E-state index contributed by atoms with van der Waals surface area (Å²) in [6.07, 6.45) is 4.37. The van der Waals surface area contributed by atoms with Crippen molar-refractivity contribution in [3.05, 3.63) is 0 Å². The van der Waals surface area contributed by atoms with Gasteiger partial charge in [-0.05, 0) is 43.2 Å². The molecule has 2 aliphatic rings. The zero-order chi connectivity index (χ0) is 11.2. The molecule has 0 aliphatic carbocycles. The zero-order valence-electron chi connectivity index (χ0n) is 9.91. The van der Waals surface area contributed by atoms with Gasteiger partial charge in [0.2, 0.25) is 5.91 Å². The summed E-state index contributed by atoms with van der Waals surface area (Å²) < 4.78 is 0. The SMILES string of the molecule is O=C(CC1CCSCC1)N1CCCNCC1. The molecule has 2 aliphatic heterocycles. The lowest BCUT2D eigenvalue weighted by Gasteiger charge is -2.25. The van der Waals surface area contributed by atoms with E-state index in [0.29, 0.717) is 11.8 Å². The summed E-state index contributed by atoms with van der Waals surface area (Å²) in [5, 5.41) is 3.34. The van der Waals surface area contributed by atoms with E-state index in [1.54, 1.807) is 0 Å². The molecule has 4 heteroatoms. The van der Waals surface area contributed by atoms with Crippen LogP contribution >= 0.6 is 11.8 Å². The van der Waals surface area contributed by atoms with Gasteiger partial charge in [0.25, 0.3) is 0 Å². The second kappa shape index (κ2) is 6.50. The van der Waals surface area contributed by atoms with Crippen molar-refractivity contribution in [3.63, 3.8) is 0 Å². The molecule has 0 aromatic rings. The molecule has 2 saturated heterocycles. The first-order valence-corrected chi connectivity index (χ1v) is 7.58. The van der Waals surface area contributed by atoms with E-state index >= 15 is 0 Å². The first-order chi connectivity index (χ1) is 7.86. The number of carbonyl (C=O) groups is 1. The Hall–Kier alpha value is -0.220. The lowest BCUT2D eigenvalue weighted by atomic mass is 9.98. The highest BCUT2D eigenvalue weighted by molar-refractivity contribution is 7.99. The summed E-state index contributed by atoms with van der Waals surface area (Å²) in [5.74, 6) is 3.55. The van der Waals surface area contributed by atoms with Crippen molar-refractivity contribution in [3.8, 4) is 0 Å². The molecule has 0 unspecified atom stereocenters. The van der Waals surface area contributed by atoms with Crippen molar-refractivity contribution in [1.82, 2.24) is 10.2 Å². The van der Waals surface area contributed by atoms with E-state index in [2.05, 4.69) is 10.2 Å². The fourth-order valence-corrected chi connectivity index (χ4v) is 3.63. The van der Waals surface area contributed by atoms with E-state index < -0.39 is 0 Å². The van der Waals surface area contributed by atoms with Crippen LogP contribution in [-0.2, 0) is 4.79 Å². The summed E-state index contributed by atoms with van der Waals surface area (Å²) in [4.78, 5) is 14.2. The molecule has 16 heavy (non-hydrogen) atoms. The molecule has 2 rings (SSSR count). The van der Waals surface area contributed by atoms with Gasteiger partial charge in [0, 0.05) is 26.1 Å². The monoisotopic (exact) mass is 242 g/mol. The molecule has 0 aromatic heterocycles. The molecule has 0 saturated carbocycles. The third-order valence-corrected chi connectivity index (χ3v) is 4.55. The van der Waals surface area contributed by atoms with E-state index in [9.17, 15) is 4.79 Å². The second-order valence-corrected chi connectivity index (χ2v) is 5.97. The van der Waals surface area contributed by atoms with Gasteiger partial charge in [0.05, 0.1) is 0 Å². The number of nitrogens with zero attached hydrogens (tertiary/aromatic N) is 1. The molecule has 0 spiro atoms. The van der Waals surface area contributed by atoms with Gasteiger partial charge in [-0.15, -0.1) is 0 Å². The van der Waals surface area contributed by atoms with Crippen molar-refractivity contribution >= 4 is 17.7 Å². The van der Waals surface area contributed by atoms with E-state index in [0.717, 1.165) is 39.0 Å². The minimum absolute atomic E-state index is 0.389. The Morgan fingerprint density at radius 2 is 2.06 bits per heavy atom. The predicted molar refractivity (Wildman–Crippen MR) is 68.7 cm³/mol. The summed E-state index contributed by atoms with van der Waals surface area (Å²) in [5.41, 5.74) is 0. The fourth-order valence-electron chi connectivity index (χ4n) is 2.42. The zero-order valence-corrected chi connectivity index (χ0v) is 10.7. The molecule has 92 valence electrons. The Morgan fingerprint density at radius 3 is 2.88 bits per heavy atom. The number of hydrogen-bond acceptors (Lipinski definition) is 3. The minimum Gasteiger partial charge on any atom is -0.341 e. The number of carbonyl (C=O) groups excluding carboxylic acids is 1. The summed E-state index contributed by atoms with van der Waals surface area (Å²) in [6.45, 7) is 3.88. The second-order valence-electron chi connectivity index (χ2n) is 4.74. The van der Waals surface area contributed by atoms with Crippen molar-refractivity contribution < 1.29 is 4.79 Å². The minimum atomic E-state index is 0.389. The third-order valence-electron chi connectivity index (χ3n) is 3.50. The van der Waals surface area contributed by atoms with Crippen molar-refractivity contribution in [2.45, 2.75) is 25.7 Å². The van der Waals surface area contributed by atoms with Crippen LogP contribution in [0.4, 0.5) is 0 Å². The Labute approximate surface area is 102 Å². The van der Waals surface area contributed by atoms with Gasteiger partial charge < -0.3 is 10.2 Å². The Kier molecular flexibility index (Phi) is 4.97. The van der Waals surface area contributed by atoms with Gasteiger partial charge in [-0.3, -0.25) is 4.79 Å². The predicted octanol–water partition coefficient (Wildman–Crippen LogP) is 1.34. The Morgan fingerprint density at radius 1 is 1.25 bits per heavy atom. The number of amides is 1. The van der Waals surface area contributed by atoms with Gasteiger partial charge in [-0.2, -0.15) is 11.8 Å². The van der Waals surface area contributed by atoms with E-state index in [1.807, 2.05) is 11.8 Å².